The minimum absolute atomic E-state index is 0.223. The Kier molecular flexibility index (Phi) is 10.3. The third kappa shape index (κ3) is 7.45. The molecule has 3 heterocycles. The number of aryl methyl sites for hydroxylation is 1. The van der Waals surface area contributed by atoms with Crippen LogP contribution in [0.4, 0.5) is 5.82 Å². The van der Waals surface area contributed by atoms with Crippen LogP contribution in [0, 0.1) is 0 Å². The Balaban J connectivity index is 0.852. The molecule has 260 valence electrons. The van der Waals surface area contributed by atoms with Crippen molar-refractivity contribution in [2.24, 2.45) is 0 Å². The van der Waals surface area contributed by atoms with Crippen LogP contribution in [0.15, 0.2) is 90.0 Å². The Hall–Kier alpha value is -4.96. The van der Waals surface area contributed by atoms with Gasteiger partial charge in [0.05, 0.1) is 6.61 Å². The number of nitrogens with zero attached hydrogens (tertiary/aromatic N) is 5. The first-order valence-electron chi connectivity index (χ1n) is 18.0. The van der Waals surface area contributed by atoms with Gasteiger partial charge in [-0.15, -0.1) is 0 Å². The number of anilines is 1. The maximum atomic E-state index is 12.8. The molecule has 2 aliphatic heterocycles. The van der Waals surface area contributed by atoms with E-state index in [-0.39, 0.29) is 30.6 Å². The summed E-state index contributed by atoms with van der Waals surface area (Å²) in [5.41, 5.74) is 4.72. The Morgan fingerprint density at radius 3 is 2.28 bits per heavy atom. The second kappa shape index (κ2) is 15.3. The van der Waals surface area contributed by atoms with Crippen LogP contribution in [0.1, 0.15) is 79.0 Å². The number of hydrogen-bond acceptors (Lipinski definition) is 8. The van der Waals surface area contributed by atoms with Crippen LogP contribution >= 0.6 is 0 Å². The molecule has 50 heavy (non-hydrogen) atoms. The summed E-state index contributed by atoms with van der Waals surface area (Å²) in [6.45, 7) is 4.98. The molecule has 2 amide bonds. The Morgan fingerprint density at radius 1 is 0.780 bits per heavy atom. The predicted octanol–water partition coefficient (Wildman–Crippen LogP) is 5.36. The van der Waals surface area contributed by atoms with Crippen molar-refractivity contribution in [3.8, 4) is 11.5 Å². The molecular weight excluding hydrogens is 630 g/mol. The van der Waals surface area contributed by atoms with Crippen molar-refractivity contribution in [2.75, 3.05) is 49.2 Å². The lowest BCUT2D eigenvalue weighted by Crippen LogP contribution is -2.52. The summed E-state index contributed by atoms with van der Waals surface area (Å²) >= 11 is 0. The number of carbonyl (C=O) groups excluding carboxylic acids is 2. The van der Waals surface area contributed by atoms with E-state index in [4.69, 9.17) is 4.74 Å². The maximum Gasteiger partial charge on any atom is 0.274 e. The zero-order valence-electron chi connectivity index (χ0n) is 28.5. The van der Waals surface area contributed by atoms with Crippen molar-refractivity contribution >= 4 is 17.6 Å². The van der Waals surface area contributed by atoms with Gasteiger partial charge in [-0.1, -0.05) is 48.5 Å². The number of unbranched alkanes of at least 4 members (excludes halogenated alkanes) is 2. The summed E-state index contributed by atoms with van der Waals surface area (Å²) in [6.07, 6.45) is 7.48. The van der Waals surface area contributed by atoms with Crippen LogP contribution in [0.2, 0.25) is 0 Å². The van der Waals surface area contributed by atoms with Crippen LogP contribution in [0.3, 0.4) is 0 Å². The van der Waals surface area contributed by atoms with Gasteiger partial charge in [0.15, 0.2) is 0 Å². The number of hydrogen-bond donors (Lipinski definition) is 1. The molecule has 4 aromatic rings. The first kappa shape index (κ1) is 33.5. The third-order valence-electron chi connectivity index (χ3n) is 10.4. The molecule has 1 N–H and O–H groups in total. The smallest absolute Gasteiger partial charge is 0.274 e. The monoisotopic (exact) mass is 675 g/mol. The second-order valence-corrected chi connectivity index (χ2v) is 13.6. The van der Waals surface area contributed by atoms with E-state index in [0.29, 0.717) is 30.5 Å². The van der Waals surface area contributed by atoms with Gasteiger partial charge in [-0.05, 0) is 97.5 Å². The molecule has 7 rings (SSSR count). The number of piperazine rings is 1. The number of benzene rings is 3. The largest absolute Gasteiger partial charge is 0.508 e. The molecule has 1 aliphatic carbocycles. The zero-order valence-corrected chi connectivity index (χ0v) is 28.5. The van der Waals surface area contributed by atoms with Gasteiger partial charge in [-0.25, -0.2) is 4.98 Å². The number of ether oxygens (including phenoxy) is 1. The van der Waals surface area contributed by atoms with Gasteiger partial charge in [0.1, 0.15) is 23.6 Å². The van der Waals surface area contributed by atoms with E-state index in [1.807, 2.05) is 12.1 Å². The molecular formula is C40H45N5O5. The van der Waals surface area contributed by atoms with Crippen molar-refractivity contribution in [3.05, 3.63) is 118 Å². The number of amides is 2. The lowest BCUT2D eigenvalue weighted by molar-refractivity contribution is -0.131. The van der Waals surface area contributed by atoms with Crippen LogP contribution in [-0.2, 0) is 16.0 Å². The molecule has 0 bridgehead atoms. The lowest BCUT2D eigenvalue weighted by atomic mass is 9.69. The number of phenolic OH excluding ortho intramolecular Hbond substituents is 1. The molecule has 1 aromatic heterocycles. The van der Waals surface area contributed by atoms with Crippen LogP contribution < -0.4 is 20.2 Å². The Bertz CT molecular complexity index is 1840. The van der Waals surface area contributed by atoms with Gasteiger partial charge in [0.2, 0.25) is 11.8 Å². The number of phenols is 1. The van der Waals surface area contributed by atoms with Crippen molar-refractivity contribution in [1.29, 1.82) is 0 Å². The normalized spacial score (nSPS) is 19.8. The quantitative estimate of drug-likeness (QED) is 0.167. The van der Waals surface area contributed by atoms with Crippen LogP contribution in [0.5, 0.6) is 11.5 Å². The SMILES string of the molecule is O=C1CCCC(=O)N1n1cnc(N2CCN(CCCCCOc3ccc([C@@H]4c5ccc(O)cc5CC[C@@H]4c4ccccc4)cc3)CC2)cc1=O. The fraction of sp³-hybridized carbons (Fsp3) is 0.400. The van der Waals surface area contributed by atoms with Crippen LogP contribution in [0.25, 0.3) is 0 Å². The fourth-order valence-corrected chi connectivity index (χ4v) is 7.74. The highest BCUT2D eigenvalue weighted by atomic mass is 16.5. The lowest BCUT2D eigenvalue weighted by Gasteiger charge is -2.35. The van der Waals surface area contributed by atoms with E-state index in [0.717, 1.165) is 80.3 Å². The van der Waals surface area contributed by atoms with Crippen LogP contribution in [-0.4, -0.2) is 70.8 Å². The number of fused-ring (bicyclic) bond motifs is 1. The summed E-state index contributed by atoms with van der Waals surface area (Å²) in [7, 11) is 0. The topological polar surface area (TPSA) is 108 Å². The molecule has 0 unspecified atom stereocenters. The molecule has 10 nitrogen and oxygen atoms in total. The van der Waals surface area contributed by atoms with E-state index < -0.39 is 5.56 Å². The van der Waals surface area contributed by atoms with Crippen molar-refractivity contribution in [3.63, 3.8) is 0 Å². The number of aromatic nitrogens is 2. The average molecular weight is 676 g/mol. The molecule has 3 aliphatic rings. The van der Waals surface area contributed by atoms with Gasteiger partial charge in [-0.2, -0.15) is 9.69 Å². The number of carbonyl (C=O) groups is 2. The standard InChI is InChI=1S/C40H45N5O5/c46-32-15-19-35-31(26-32)14-18-34(29-8-3-1-4-9-29)40(35)30-12-16-33(17-13-30)50-25-6-2-5-20-42-21-23-43(24-22-42)36-27-39(49)44(28-41-36)45-37(47)10-7-11-38(45)48/h1,3-4,8-9,12-13,15-17,19,26-28,34,40,46H,2,5-7,10-11,14,18,20-25H2/t34-,40+/m1/s1. The van der Waals surface area contributed by atoms with Gasteiger partial charge in [-0.3, -0.25) is 19.3 Å². The zero-order chi connectivity index (χ0) is 34.5. The molecule has 2 fully saturated rings. The van der Waals surface area contributed by atoms with Crippen molar-refractivity contribution in [2.45, 2.75) is 63.2 Å². The fourth-order valence-electron chi connectivity index (χ4n) is 7.74. The molecule has 0 radical (unpaired) electrons. The van der Waals surface area contributed by atoms with Gasteiger partial charge in [0, 0.05) is 51.0 Å². The number of piperidine rings is 1. The summed E-state index contributed by atoms with van der Waals surface area (Å²) in [5.74, 6) is 1.66. The first-order chi connectivity index (χ1) is 24.4. The van der Waals surface area contributed by atoms with E-state index in [9.17, 15) is 19.5 Å². The summed E-state index contributed by atoms with van der Waals surface area (Å²) in [4.78, 5) is 46.2. The van der Waals surface area contributed by atoms with Gasteiger partial charge < -0.3 is 14.7 Å². The predicted molar refractivity (Wildman–Crippen MR) is 192 cm³/mol. The minimum atomic E-state index is -0.423. The van der Waals surface area contributed by atoms with Gasteiger partial charge >= 0.3 is 0 Å². The highest BCUT2D eigenvalue weighted by Crippen LogP contribution is 2.47. The minimum Gasteiger partial charge on any atom is -0.508 e. The first-order valence-corrected chi connectivity index (χ1v) is 18.0. The molecule has 0 saturated carbocycles. The molecule has 2 atom stereocenters. The molecule has 10 heteroatoms. The summed E-state index contributed by atoms with van der Waals surface area (Å²) in [6, 6.07) is 26.6. The highest BCUT2D eigenvalue weighted by Gasteiger charge is 2.32. The number of imide groups is 1. The average Bonchev–Trinajstić information content (AvgIpc) is 3.14. The summed E-state index contributed by atoms with van der Waals surface area (Å²) < 4.78 is 7.18. The summed E-state index contributed by atoms with van der Waals surface area (Å²) in [5, 5.41) is 11.1. The van der Waals surface area contributed by atoms with E-state index in [2.05, 4.69) is 75.4 Å². The van der Waals surface area contributed by atoms with E-state index in [1.54, 1.807) is 0 Å². The maximum absolute atomic E-state index is 12.8. The second-order valence-electron chi connectivity index (χ2n) is 13.6. The number of aromatic hydroxyl groups is 1. The van der Waals surface area contributed by atoms with Crippen molar-refractivity contribution < 1.29 is 19.4 Å². The highest BCUT2D eigenvalue weighted by molar-refractivity contribution is 6.10. The molecule has 2 saturated heterocycles. The molecule has 0 spiro atoms. The Labute approximate surface area is 292 Å². The van der Waals surface area contributed by atoms with Gasteiger partial charge in [0.25, 0.3) is 5.56 Å². The number of rotatable bonds is 11. The van der Waals surface area contributed by atoms with Crippen molar-refractivity contribution in [1.82, 2.24) is 14.6 Å². The van der Waals surface area contributed by atoms with E-state index in [1.165, 1.54) is 34.6 Å². The molecule has 3 aromatic carbocycles. The third-order valence-corrected chi connectivity index (χ3v) is 10.4. The van der Waals surface area contributed by atoms with E-state index >= 15 is 0 Å². The Morgan fingerprint density at radius 2 is 1.54 bits per heavy atom.